The van der Waals surface area contributed by atoms with Gasteiger partial charge < -0.3 is 5.32 Å². The van der Waals surface area contributed by atoms with Crippen LogP contribution in [0.15, 0.2) is 36.7 Å². The van der Waals surface area contributed by atoms with Crippen molar-refractivity contribution in [1.29, 1.82) is 0 Å². The maximum absolute atomic E-state index is 10.6. The number of rotatable bonds is 6. The van der Waals surface area contributed by atoms with E-state index in [0.717, 1.165) is 17.7 Å². The van der Waals surface area contributed by atoms with Gasteiger partial charge in [-0.25, -0.2) is 0 Å². The van der Waals surface area contributed by atoms with Crippen LogP contribution in [0.2, 0.25) is 0 Å². The summed E-state index contributed by atoms with van der Waals surface area (Å²) in [5.74, 6) is 0. The Kier molecular flexibility index (Phi) is 4.47. The SMILES string of the molecule is CCn1cc(C(C)NCc2ccc([N+](=O)[O-])cc2)cn1. The van der Waals surface area contributed by atoms with Crippen molar-refractivity contribution in [2.24, 2.45) is 0 Å². The second-order valence-corrected chi connectivity index (χ2v) is 4.66. The zero-order valence-corrected chi connectivity index (χ0v) is 11.6. The second kappa shape index (κ2) is 6.29. The number of benzene rings is 1. The minimum Gasteiger partial charge on any atom is -0.306 e. The molecule has 1 heterocycles. The van der Waals surface area contributed by atoms with Crippen LogP contribution in [0.5, 0.6) is 0 Å². The summed E-state index contributed by atoms with van der Waals surface area (Å²) in [7, 11) is 0. The molecule has 0 saturated carbocycles. The van der Waals surface area contributed by atoms with Gasteiger partial charge in [0, 0.05) is 43.0 Å². The number of nitrogens with one attached hydrogen (secondary N) is 1. The van der Waals surface area contributed by atoms with Gasteiger partial charge in [0.05, 0.1) is 11.1 Å². The van der Waals surface area contributed by atoms with E-state index in [1.54, 1.807) is 12.1 Å². The minimum absolute atomic E-state index is 0.117. The number of nitro benzene ring substituents is 1. The normalized spacial score (nSPS) is 12.3. The van der Waals surface area contributed by atoms with E-state index in [-0.39, 0.29) is 16.7 Å². The summed E-state index contributed by atoms with van der Waals surface area (Å²) in [6, 6.07) is 6.78. The Labute approximate surface area is 117 Å². The van der Waals surface area contributed by atoms with E-state index in [1.165, 1.54) is 12.1 Å². The third-order valence-electron chi connectivity index (χ3n) is 3.24. The van der Waals surface area contributed by atoms with Crippen LogP contribution in [0.4, 0.5) is 5.69 Å². The summed E-state index contributed by atoms with van der Waals surface area (Å²) in [6.07, 6.45) is 3.88. The van der Waals surface area contributed by atoms with Crippen molar-refractivity contribution in [2.75, 3.05) is 0 Å². The Morgan fingerprint density at radius 3 is 2.65 bits per heavy atom. The number of aryl methyl sites for hydroxylation is 1. The zero-order chi connectivity index (χ0) is 14.5. The predicted octanol–water partition coefficient (Wildman–Crippen LogP) is 2.66. The lowest BCUT2D eigenvalue weighted by Crippen LogP contribution is -2.17. The smallest absolute Gasteiger partial charge is 0.269 e. The average Bonchev–Trinajstić information content (AvgIpc) is 2.94. The van der Waals surface area contributed by atoms with E-state index in [2.05, 4.69) is 17.3 Å². The molecule has 0 aliphatic rings. The van der Waals surface area contributed by atoms with Crippen LogP contribution in [0.3, 0.4) is 0 Å². The van der Waals surface area contributed by atoms with Crippen LogP contribution in [0.25, 0.3) is 0 Å². The topological polar surface area (TPSA) is 73.0 Å². The van der Waals surface area contributed by atoms with Gasteiger partial charge >= 0.3 is 0 Å². The molecule has 1 N–H and O–H groups in total. The molecule has 1 atom stereocenters. The van der Waals surface area contributed by atoms with Crippen LogP contribution in [-0.4, -0.2) is 14.7 Å². The van der Waals surface area contributed by atoms with E-state index in [1.807, 2.05) is 24.0 Å². The van der Waals surface area contributed by atoms with E-state index in [0.29, 0.717) is 6.54 Å². The summed E-state index contributed by atoms with van der Waals surface area (Å²) in [5, 5.41) is 18.2. The molecular formula is C14H18N4O2. The predicted molar refractivity (Wildman–Crippen MR) is 76.3 cm³/mol. The highest BCUT2D eigenvalue weighted by molar-refractivity contribution is 5.32. The molecule has 0 spiro atoms. The first-order chi connectivity index (χ1) is 9.60. The molecule has 2 aromatic rings. The first-order valence-electron chi connectivity index (χ1n) is 6.59. The van der Waals surface area contributed by atoms with Gasteiger partial charge in [0.25, 0.3) is 5.69 Å². The molecule has 0 bridgehead atoms. The Morgan fingerprint density at radius 2 is 2.10 bits per heavy atom. The minimum atomic E-state index is -0.390. The summed E-state index contributed by atoms with van der Waals surface area (Å²) in [5.41, 5.74) is 2.27. The van der Waals surface area contributed by atoms with Crippen LogP contribution in [-0.2, 0) is 13.1 Å². The van der Waals surface area contributed by atoms with Crippen molar-refractivity contribution in [3.63, 3.8) is 0 Å². The van der Waals surface area contributed by atoms with Crippen LogP contribution >= 0.6 is 0 Å². The fourth-order valence-electron chi connectivity index (χ4n) is 1.90. The Hall–Kier alpha value is -2.21. The first-order valence-corrected chi connectivity index (χ1v) is 6.59. The molecule has 20 heavy (non-hydrogen) atoms. The van der Waals surface area contributed by atoms with E-state index in [9.17, 15) is 10.1 Å². The maximum Gasteiger partial charge on any atom is 0.269 e. The molecule has 0 radical (unpaired) electrons. The van der Waals surface area contributed by atoms with Gasteiger partial charge in [0.2, 0.25) is 0 Å². The van der Waals surface area contributed by atoms with Crippen molar-refractivity contribution < 1.29 is 4.92 Å². The molecule has 0 aliphatic carbocycles. The van der Waals surface area contributed by atoms with Gasteiger partial charge in [-0.05, 0) is 19.4 Å². The standard InChI is InChI=1S/C14H18N4O2/c1-3-17-10-13(9-16-17)11(2)15-8-12-4-6-14(7-5-12)18(19)20/h4-7,9-11,15H,3,8H2,1-2H3. The van der Waals surface area contributed by atoms with E-state index >= 15 is 0 Å². The molecule has 0 amide bonds. The lowest BCUT2D eigenvalue weighted by atomic mass is 10.1. The fourth-order valence-corrected chi connectivity index (χ4v) is 1.90. The lowest BCUT2D eigenvalue weighted by molar-refractivity contribution is -0.384. The van der Waals surface area contributed by atoms with Gasteiger partial charge in [-0.1, -0.05) is 12.1 Å². The van der Waals surface area contributed by atoms with Gasteiger partial charge in [-0.2, -0.15) is 5.10 Å². The summed E-state index contributed by atoms with van der Waals surface area (Å²) in [4.78, 5) is 10.2. The van der Waals surface area contributed by atoms with Gasteiger partial charge in [-0.3, -0.25) is 14.8 Å². The Bertz CT molecular complexity index is 577. The Balaban J connectivity index is 1.92. The van der Waals surface area contributed by atoms with Crippen molar-refractivity contribution in [3.8, 4) is 0 Å². The molecule has 0 saturated heterocycles. The van der Waals surface area contributed by atoms with E-state index < -0.39 is 0 Å². The highest BCUT2D eigenvalue weighted by Crippen LogP contribution is 2.14. The van der Waals surface area contributed by atoms with Gasteiger partial charge in [0.15, 0.2) is 0 Å². The van der Waals surface area contributed by atoms with Gasteiger partial charge in [-0.15, -0.1) is 0 Å². The number of hydrogen-bond acceptors (Lipinski definition) is 4. The van der Waals surface area contributed by atoms with Crippen molar-refractivity contribution in [3.05, 3.63) is 57.9 Å². The molecule has 0 aliphatic heterocycles. The molecule has 1 aromatic heterocycles. The second-order valence-electron chi connectivity index (χ2n) is 4.66. The summed E-state index contributed by atoms with van der Waals surface area (Å²) in [6.45, 7) is 5.64. The average molecular weight is 274 g/mol. The first kappa shape index (κ1) is 14.2. The number of hydrogen-bond donors (Lipinski definition) is 1. The number of aromatic nitrogens is 2. The van der Waals surface area contributed by atoms with Gasteiger partial charge in [0.1, 0.15) is 0 Å². The van der Waals surface area contributed by atoms with Crippen LogP contribution < -0.4 is 5.32 Å². The summed E-state index contributed by atoms with van der Waals surface area (Å²) < 4.78 is 1.89. The highest BCUT2D eigenvalue weighted by Gasteiger charge is 2.08. The molecule has 6 heteroatoms. The Morgan fingerprint density at radius 1 is 1.40 bits per heavy atom. The third-order valence-corrected chi connectivity index (χ3v) is 3.24. The highest BCUT2D eigenvalue weighted by atomic mass is 16.6. The number of nitrogens with zero attached hydrogens (tertiary/aromatic N) is 3. The molecule has 106 valence electrons. The maximum atomic E-state index is 10.6. The lowest BCUT2D eigenvalue weighted by Gasteiger charge is -2.11. The fraction of sp³-hybridized carbons (Fsp3) is 0.357. The molecule has 0 fully saturated rings. The summed E-state index contributed by atoms with van der Waals surface area (Å²) >= 11 is 0. The van der Waals surface area contributed by atoms with Crippen LogP contribution in [0.1, 0.15) is 31.0 Å². The quantitative estimate of drug-likeness (QED) is 0.649. The third kappa shape index (κ3) is 3.42. The molecule has 1 aromatic carbocycles. The zero-order valence-electron chi connectivity index (χ0n) is 11.6. The molecule has 6 nitrogen and oxygen atoms in total. The van der Waals surface area contributed by atoms with Crippen molar-refractivity contribution >= 4 is 5.69 Å². The van der Waals surface area contributed by atoms with Crippen molar-refractivity contribution in [2.45, 2.75) is 33.0 Å². The van der Waals surface area contributed by atoms with Crippen LogP contribution in [0, 0.1) is 10.1 Å². The monoisotopic (exact) mass is 274 g/mol. The number of non-ortho nitro benzene ring substituents is 1. The number of nitro groups is 1. The largest absolute Gasteiger partial charge is 0.306 e. The molecular weight excluding hydrogens is 256 g/mol. The molecule has 2 rings (SSSR count). The van der Waals surface area contributed by atoms with E-state index in [4.69, 9.17) is 0 Å². The molecule has 1 unspecified atom stereocenters. The van der Waals surface area contributed by atoms with Crippen molar-refractivity contribution in [1.82, 2.24) is 15.1 Å².